The smallest absolute Gasteiger partial charge is 0.261 e. The highest BCUT2D eigenvalue weighted by atomic mass is 16.5. The van der Waals surface area contributed by atoms with Gasteiger partial charge in [0.15, 0.2) is 5.60 Å². The summed E-state index contributed by atoms with van der Waals surface area (Å²) < 4.78 is 5.82. The quantitative estimate of drug-likeness (QED) is 0.784. The summed E-state index contributed by atoms with van der Waals surface area (Å²) in [5.41, 5.74) is 7.97. The molecule has 1 atom stereocenters. The summed E-state index contributed by atoms with van der Waals surface area (Å²) in [5, 5.41) is 0. The molecule has 0 radical (unpaired) electrons. The predicted molar refractivity (Wildman–Crippen MR) is 62.5 cm³/mol. The zero-order chi connectivity index (χ0) is 11.9. The number of primary amides is 1. The number of carbonyl (C=O) groups excluding carboxylic acids is 1. The fourth-order valence-corrected chi connectivity index (χ4v) is 2.01. The molecule has 1 aliphatic heterocycles. The van der Waals surface area contributed by atoms with Crippen LogP contribution in [0.5, 0.6) is 5.75 Å². The molecular formula is C13H17NO2. The maximum absolute atomic E-state index is 11.4. The average Bonchev–Trinajstić information content (AvgIpc) is 2.24. The van der Waals surface area contributed by atoms with Gasteiger partial charge in [0, 0.05) is 6.42 Å². The fraction of sp³-hybridized carbons (Fsp3) is 0.462. The Hall–Kier alpha value is -1.51. The van der Waals surface area contributed by atoms with Crippen molar-refractivity contribution in [3.05, 3.63) is 28.8 Å². The first-order valence-electron chi connectivity index (χ1n) is 5.52. The lowest BCUT2D eigenvalue weighted by Gasteiger charge is -2.34. The molecule has 0 saturated heterocycles. The van der Waals surface area contributed by atoms with E-state index in [-0.39, 0.29) is 5.91 Å². The normalized spacial score (nSPS) is 23.4. The molecule has 0 spiro atoms. The van der Waals surface area contributed by atoms with Gasteiger partial charge in [0.25, 0.3) is 5.91 Å². The molecule has 0 bridgehead atoms. The van der Waals surface area contributed by atoms with E-state index < -0.39 is 5.60 Å². The van der Waals surface area contributed by atoms with Crippen LogP contribution in [0, 0.1) is 13.8 Å². The third-order valence-electron chi connectivity index (χ3n) is 3.48. The highest BCUT2D eigenvalue weighted by Gasteiger charge is 2.37. The maximum Gasteiger partial charge on any atom is 0.261 e. The molecule has 3 nitrogen and oxygen atoms in total. The van der Waals surface area contributed by atoms with Crippen LogP contribution in [-0.2, 0) is 11.2 Å². The Labute approximate surface area is 95.6 Å². The first-order valence-corrected chi connectivity index (χ1v) is 5.52. The summed E-state index contributed by atoms with van der Waals surface area (Å²) in [6, 6.07) is 4.16. The molecule has 0 aromatic heterocycles. The minimum absolute atomic E-state index is 0.390. The van der Waals surface area contributed by atoms with Crippen molar-refractivity contribution in [3.63, 3.8) is 0 Å². The number of benzene rings is 1. The number of ether oxygens (including phenoxy) is 1. The average molecular weight is 219 g/mol. The van der Waals surface area contributed by atoms with Crippen LogP contribution in [0.3, 0.4) is 0 Å². The second kappa shape index (κ2) is 3.51. The van der Waals surface area contributed by atoms with Crippen molar-refractivity contribution in [2.75, 3.05) is 0 Å². The lowest BCUT2D eigenvalue weighted by Crippen LogP contribution is -2.48. The van der Waals surface area contributed by atoms with Crippen molar-refractivity contribution >= 4 is 5.91 Å². The van der Waals surface area contributed by atoms with Gasteiger partial charge in [0.2, 0.25) is 0 Å². The number of hydrogen-bond donors (Lipinski definition) is 1. The Balaban J connectivity index is 2.47. The first-order chi connectivity index (χ1) is 7.44. The van der Waals surface area contributed by atoms with Gasteiger partial charge in [0.1, 0.15) is 5.75 Å². The predicted octanol–water partition coefficient (Wildman–Crippen LogP) is 1.87. The van der Waals surface area contributed by atoms with Crippen molar-refractivity contribution in [1.29, 1.82) is 0 Å². The van der Waals surface area contributed by atoms with Crippen molar-refractivity contribution in [1.82, 2.24) is 0 Å². The minimum atomic E-state index is -0.856. The monoisotopic (exact) mass is 219 g/mol. The topological polar surface area (TPSA) is 52.3 Å². The lowest BCUT2D eigenvalue weighted by atomic mass is 9.90. The van der Waals surface area contributed by atoms with Gasteiger partial charge in [-0.2, -0.15) is 0 Å². The van der Waals surface area contributed by atoms with Gasteiger partial charge < -0.3 is 10.5 Å². The summed E-state index contributed by atoms with van der Waals surface area (Å²) in [6.07, 6.45) is 1.49. The molecule has 2 N–H and O–H groups in total. The Morgan fingerprint density at radius 3 is 2.75 bits per heavy atom. The number of hydrogen-bond acceptors (Lipinski definition) is 2. The molecule has 86 valence electrons. The van der Waals surface area contributed by atoms with Crippen molar-refractivity contribution < 1.29 is 9.53 Å². The summed E-state index contributed by atoms with van der Waals surface area (Å²) in [5.74, 6) is 0.451. The number of rotatable bonds is 1. The van der Waals surface area contributed by atoms with Gasteiger partial charge in [-0.05, 0) is 43.9 Å². The zero-order valence-electron chi connectivity index (χ0n) is 9.96. The first kappa shape index (κ1) is 11.0. The standard InChI is InChI=1S/C13H17NO2/c1-8-4-5-10-6-7-13(3,12(14)15)16-11(10)9(8)2/h4-5H,6-7H2,1-3H3,(H2,14,15). The Morgan fingerprint density at radius 1 is 1.44 bits per heavy atom. The van der Waals surface area contributed by atoms with Gasteiger partial charge >= 0.3 is 0 Å². The highest BCUT2D eigenvalue weighted by Crippen LogP contribution is 2.36. The number of fused-ring (bicyclic) bond motifs is 1. The molecular weight excluding hydrogens is 202 g/mol. The molecule has 2 rings (SSSR count). The van der Waals surface area contributed by atoms with Crippen molar-refractivity contribution in [3.8, 4) is 5.75 Å². The molecule has 0 aliphatic carbocycles. The van der Waals surface area contributed by atoms with Gasteiger partial charge in [-0.3, -0.25) is 4.79 Å². The molecule has 0 saturated carbocycles. The van der Waals surface area contributed by atoms with Crippen LogP contribution in [-0.4, -0.2) is 11.5 Å². The van der Waals surface area contributed by atoms with Crippen LogP contribution in [0.2, 0.25) is 0 Å². The van der Waals surface area contributed by atoms with Gasteiger partial charge in [-0.1, -0.05) is 12.1 Å². The summed E-state index contributed by atoms with van der Waals surface area (Å²) >= 11 is 0. The van der Waals surface area contributed by atoms with Crippen LogP contribution in [0.15, 0.2) is 12.1 Å². The molecule has 0 fully saturated rings. The molecule has 1 amide bonds. The molecule has 1 heterocycles. The van der Waals surface area contributed by atoms with E-state index in [0.29, 0.717) is 6.42 Å². The number of amides is 1. The lowest BCUT2D eigenvalue weighted by molar-refractivity contribution is -0.133. The van der Waals surface area contributed by atoms with E-state index >= 15 is 0 Å². The summed E-state index contributed by atoms with van der Waals surface area (Å²) in [6.45, 7) is 5.82. The number of aryl methyl sites for hydroxylation is 2. The second-order valence-electron chi connectivity index (χ2n) is 4.69. The summed E-state index contributed by atoms with van der Waals surface area (Å²) in [7, 11) is 0. The highest BCUT2D eigenvalue weighted by molar-refractivity contribution is 5.84. The van der Waals surface area contributed by atoms with Crippen molar-refractivity contribution in [2.24, 2.45) is 5.73 Å². The Kier molecular flexibility index (Phi) is 2.41. The second-order valence-corrected chi connectivity index (χ2v) is 4.69. The molecule has 3 heteroatoms. The molecule has 1 aromatic carbocycles. The van der Waals surface area contributed by atoms with E-state index in [2.05, 4.69) is 12.1 Å². The largest absolute Gasteiger partial charge is 0.477 e. The van der Waals surface area contributed by atoms with Crippen LogP contribution < -0.4 is 10.5 Å². The van der Waals surface area contributed by atoms with Gasteiger partial charge in [-0.15, -0.1) is 0 Å². The van der Waals surface area contributed by atoms with Crippen molar-refractivity contribution in [2.45, 2.75) is 39.2 Å². The summed E-state index contributed by atoms with van der Waals surface area (Å²) in [4.78, 5) is 11.4. The van der Waals surface area contributed by atoms with Gasteiger partial charge in [0.05, 0.1) is 0 Å². The molecule has 1 unspecified atom stereocenters. The molecule has 1 aromatic rings. The minimum Gasteiger partial charge on any atom is -0.477 e. The SMILES string of the molecule is Cc1ccc2c(c1C)OC(C)(C(N)=O)CC2. The maximum atomic E-state index is 11.4. The van der Waals surface area contributed by atoms with E-state index in [0.717, 1.165) is 17.7 Å². The van der Waals surface area contributed by atoms with Crippen LogP contribution in [0.25, 0.3) is 0 Å². The molecule has 16 heavy (non-hydrogen) atoms. The van der Waals surface area contributed by atoms with E-state index in [1.165, 1.54) is 11.1 Å². The molecule has 1 aliphatic rings. The van der Waals surface area contributed by atoms with Gasteiger partial charge in [-0.25, -0.2) is 0 Å². The van der Waals surface area contributed by atoms with Crippen LogP contribution >= 0.6 is 0 Å². The Morgan fingerprint density at radius 2 is 2.12 bits per heavy atom. The Bertz CT molecular complexity index is 453. The van der Waals surface area contributed by atoms with Crippen LogP contribution in [0.4, 0.5) is 0 Å². The zero-order valence-corrected chi connectivity index (χ0v) is 9.96. The van der Waals surface area contributed by atoms with E-state index in [1.807, 2.05) is 13.8 Å². The van der Waals surface area contributed by atoms with E-state index in [1.54, 1.807) is 6.92 Å². The third-order valence-corrected chi connectivity index (χ3v) is 3.48. The number of carbonyl (C=O) groups is 1. The fourth-order valence-electron chi connectivity index (χ4n) is 2.01. The number of nitrogens with two attached hydrogens (primary N) is 1. The van der Waals surface area contributed by atoms with E-state index in [9.17, 15) is 4.79 Å². The van der Waals surface area contributed by atoms with Crippen LogP contribution in [0.1, 0.15) is 30.0 Å². The van der Waals surface area contributed by atoms with E-state index in [4.69, 9.17) is 10.5 Å². The third kappa shape index (κ3) is 1.56.